The van der Waals surface area contributed by atoms with E-state index in [9.17, 15) is 9.59 Å². The van der Waals surface area contributed by atoms with Crippen molar-refractivity contribution in [3.05, 3.63) is 60.2 Å². The topological polar surface area (TPSA) is 70.7 Å². The first-order valence-electron chi connectivity index (χ1n) is 8.19. The molecule has 6 nitrogen and oxygen atoms in total. The van der Waals surface area contributed by atoms with Crippen LogP contribution in [0.4, 0.5) is 21.0 Å². The van der Waals surface area contributed by atoms with Crippen molar-refractivity contribution >= 4 is 23.5 Å². The van der Waals surface area contributed by atoms with E-state index in [-0.39, 0.29) is 6.03 Å². The fourth-order valence-electron chi connectivity index (χ4n) is 2.23. The minimum Gasteiger partial charge on any atom is -0.449 e. The molecule has 0 aliphatic heterocycles. The van der Waals surface area contributed by atoms with Crippen LogP contribution in [0.15, 0.2) is 54.6 Å². The largest absolute Gasteiger partial charge is 0.449 e. The fourth-order valence-corrected chi connectivity index (χ4v) is 2.23. The van der Waals surface area contributed by atoms with Gasteiger partial charge in [-0.25, -0.2) is 9.59 Å². The molecule has 0 aromatic heterocycles. The van der Waals surface area contributed by atoms with E-state index in [0.29, 0.717) is 24.5 Å². The predicted molar refractivity (Wildman–Crippen MR) is 99.0 cm³/mol. The Kier molecular flexibility index (Phi) is 6.83. The number of urea groups is 1. The minimum absolute atomic E-state index is 0.262. The number of carbonyl (C=O) groups is 2. The van der Waals surface area contributed by atoms with E-state index >= 15 is 0 Å². The average molecular weight is 341 g/mol. The first-order valence-corrected chi connectivity index (χ1v) is 8.19. The lowest BCUT2D eigenvalue weighted by atomic mass is 10.1. The van der Waals surface area contributed by atoms with E-state index in [4.69, 9.17) is 4.74 Å². The number of hydrogen-bond acceptors (Lipinski definition) is 3. The molecule has 2 rings (SSSR count). The quantitative estimate of drug-likeness (QED) is 0.842. The number of nitrogens with one attached hydrogen (secondary N) is 2. The number of nitrogens with zero attached hydrogens (tertiary/aromatic N) is 1. The standard InChI is InChI=1S/C19H23N3O3/c1-3-25-19(24)22(2)17-11-9-16(10-12-17)21-18(23)20-14-13-15-7-5-4-6-8-15/h4-12H,3,13-14H2,1-2H3,(H2,20,21,23). The number of ether oxygens (including phenoxy) is 1. The summed E-state index contributed by atoms with van der Waals surface area (Å²) in [5.41, 5.74) is 2.51. The SMILES string of the molecule is CCOC(=O)N(C)c1ccc(NC(=O)NCCc2ccccc2)cc1. The first kappa shape index (κ1) is 18.3. The molecule has 0 fully saturated rings. The van der Waals surface area contributed by atoms with E-state index in [1.54, 1.807) is 38.2 Å². The second-order valence-electron chi connectivity index (χ2n) is 5.42. The molecular weight excluding hydrogens is 318 g/mol. The monoisotopic (exact) mass is 341 g/mol. The number of hydrogen-bond donors (Lipinski definition) is 2. The molecule has 0 unspecified atom stereocenters. The number of carbonyl (C=O) groups excluding carboxylic acids is 2. The van der Waals surface area contributed by atoms with Gasteiger partial charge in [0.2, 0.25) is 0 Å². The van der Waals surface area contributed by atoms with Gasteiger partial charge in [-0.05, 0) is 43.2 Å². The molecule has 2 aromatic rings. The molecule has 2 aromatic carbocycles. The van der Waals surface area contributed by atoms with Crippen molar-refractivity contribution in [1.29, 1.82) is 0 Å². The molecule has 3 amide bonds. The van der Waals surface area contributed by atoms with Crippen LogP contribution in [0.2, 0.25) is 0 Å². The van der Waals surface area contributed by atoms with Crippen LogP contribution in [0.1, 0.15) is 12.5 Å². The Morgan fingerprint density at radius 3 is 2.36 bits per heavy atom. The summed E-state index contributed by atoms with van der Waals surface area (Å²) in [6.07, 6.45) is 0.360. The summed E-state index contributed by atoms with van der Waals surface area (Å²) in [5, 5.41) is 5.58. The first-order chi connectivity index (χ1) is 12.1. The Balaban J connectivity index is 1.80. The van der Waals surface area contributed by atoms with Crippen LogP contribution in [-0.4, -0.2) is 32.3 Å². The fraction of sp³-hybridized carbons (Fsp3) is 0.263. The van der Waals surface area contributed by atoms with Crippen molar-refractivity contribution in [2.24, 2.45) is 0 Å². The Morgan fingerprint density at radius 1 is 1.04 bits per heavy atom. The van der Waals surface area contributed by atoms with E-state index in [1.165, 1.54) is 10.5 Å². The summed E-state index contributed by atoms with van der Waals surface area (Å²) < 4.78 is 4.94. The van der Waals surface area contributed by atoms with Gasteiger partial charge in [-0.2, -0.15) is 0 Å². The highest BCUT2D eigenvalue weighted by Gasteiger charge is 2.11. The zero-order chi connectivity index (χ0) is 18.1. The van der Waals surface area contributed by atoms with Crippen LogP contribution in [-0.2, 0) is 11.2 Å². The number of rotatable bonds is 6. The molecule has 0 saturated carbocycles. The maximum atomic E-state index is 11.9. The van der Waals surface area contributed by atoms with Gasteiger partial charge in [0.1, 0.15) is 0 Å². The van der Waals surface area contributed by atoms with Gasteiger partial charge in [-0.15, -0.1) is 0 Å². The summed E-state index contributed by atoms with van der Waals surface area (Å²) in [5.74, 6) is 0. The molecule has 0 radical (unpaired) electrons. The molecule has 0 saturated heterocycles. The van der Waals surface area contributed by atoms with Gasteiger partial charge in [0, 0.05) is 25.0 Å². The van der Waals surface area contributed by atoms with Gasteiger partial charge >= 0.3 is 12.1 Å². The van der Waals surface area contributed by atoms with E-state index in [1.807, 2.05) is 30.3 Å². The Hall–Kier alpha value is -3.02. The molecule has 0 aliphatic rings. The van der Waals surface area contributed by atoms with Gasteiger partial charge in [-0.3, -0.25) is 4.90 Å². The van der Waals surface area contributed by atoms with Gasteiger partial charge < -0.3 is 15.4 Å². The third kappa shape index (κ3) is 5.84. The second-order valence-corrected chi connectivity index (χ2v) is 5.42. The zero-order valence-electron chi connectivity index (χ0n) is 14.5. The molecule has 0 atom stereocenters. The lowest BCUT2D eigenvalue weighted by Gasteiger charge is -2.17. The maximum Gasteiger partial charge on any atom is 0.413 e. The number of amides is 3. The van der Waals surface area contributed by atoms with Crippen molar-refractivity contribution in [2.45, 2.75) is 13.3 Å². The van der Waals surface area contributed by atoms with Crippen molar-refractivity contribution in [3.63, 3.8) is 0 Å². The van der Waals surface area contributed by atoms with Crippen LogP contribution in [0, 0.1) is 0 Å². The highest BCUT2D eigenvalue weighted by molar-refractivity contribution is 5.90. The molecular formula is C19H23N3O3. The Bertz CT molecular complexity index is 687. The summed E-state index contributed by atoms with van der Waals surface area (Å²) >= 11 is 0. The van der Waals surface area contributed by atoms with Crippen LogP contribution < -0.4 is 15.5 Å². The molecule has 132 valence electrons. The highest BCUT2D eigenvalue weighted by atomic mass is 16.6. The maximum absolute atomic E-state index is 11.9. The Labute approximate surface area is 147 Å². The normalized spacial score (nSPS) is 10.0. The van der Waals surface area contributed by atoms with Crippen LogP contribution in [0.3, 0.4) is 0 Å². The minimum atomic E-state index is -0.415. The van der Waals surface area contributed by atoms with Crippen molar-refractivity contribution in [1.82, 2.24) is 5.32 Å². The number of benzene rings is 2. The summed E-state index contributed by atoms with van der Waals surface area (Å²) in [6, 6.07) is 16.7. The average Bonchev–Trinajstić information content (AvgIpc) is 2.63. The summed E-state index contributed by atoms with van der Waals surface area (Å²) in [6.45, 7) is 2.64. The lowest BCUT2D eigenvalue weighted by molar-refractivity contribution is 0.161. The molecule has 2 N–H and O–H groups in total. The summed E-state index contributed by atoms with van der Waals surface area (Å²) in [4.78, 5) is 25.0. The zero-order valence-corrected chi connectivity index (χ0v) is 14.5. The third-order valence-electron chi connectivity index (χ3n) is 3.60. The molecule has 0 heterocycles. The molecule has 0 bridgehead atoms. The van der Waals surface area contributed by atoms with E-state index < -0.39 is 6.09 Å². The van der Waals surface area contributed by atoms with Crippen LogP contribution >= 0.6 is 0 Å². The van der Waals surface area contributed by atoms with E-state index in [2.05, 4.69) is 10.6 Å². The highest BCUT2D eigenvalue weighted by Crippen LogP contribution is 2.17. The van der Waals surface area contributed by atoms with E-state index in [0.717, 1.165) is 6.42 Å². The predicted octanol–water partition coefficient (Wildman–Crippen LogP) is 3.64. The molecule has 0 spiro atoms. The van der Waals surface area contributed by atoms with Crippen LogP contribution in [0.5, 0.6) is 0 Å². The van der Waals surface area contributed by atoms with Gasteiger partial charge in [0.05, 0.1) is 6.61 Å². The lowest BCUT2D eigenvalue weighted by Crippen LogP contribution is -2.30. The van der Waals surface area contributed by atoms with Gasteiger partial charge in [0.15, 0.2) is 0 Å². The summed E-state index contributed by atoms with van der Waals surface area (Å²) in [7, 11) is 1.64. The van der Waals surface area contributed by atoms with Crippen molar-refractivity contribution in [2.75, 3.05) is 30.4 Å². The molecule has 0 aliphatic carbocycles. The second kappa shape index (κ2) is 9.32. The van der Waals surface area contributed by atoms with Crippen molar-refractivity contribution in [3.8, 4) is 0 Å². The Morgan fingerprint density at radius 2 is 1.72 bits per heavy atom. The van der Waals surface area contributed by atoms with Gasteiger partial charge in [0.25, 0.3) is 0 Å². The molecule has 6 heteroatoms. The number of anilines is 2. The third-order valence-corrected chi connectivity index (χ3v) is 3.60. The smallest absolute Gasteiger partial charge is 0.413 e. The van der Waals surface area contributed by atoms with Crippen molar-refractivity contribution < 1.29 is 14.3 Å². The van der Waals surface area contributed by atoms with Gasteiger partial charge in [-0.1, -0.05) is 30.3 Å². The molecule has 25 heavy (non-hydrogen) atoms. The van der Waals surface area contributed by atoms with Crippen LogP contribution in [0.25, 0.3) is 0 Å².